The van der Waals surface area contributed by atoms with Crippen LogP contribution in [0.5, 0.6) is 0 Å². The second-order valence-electron chi connectivity index (χ2n) is 4.74. The number of amides is 1. The van der Waals surface area contributed by atoms with Crippen LogP contribution >= 0.6 is 0 Å². The van der Waals surface area contributed by atoms with Gasteiger partial charge in [-0.3, -0.25) is 4.79 Å². The van der Waals surface area contributed by atoms with Crippen LogP contribution in [0.2, 0.25) is 0 Å². The highest BCUT2D eigenvalue weighted by molar-refractivity contribution is 5.90. The Morgan fingerprint density at radius 2 is 2.05 bits per heavy atom. The molecule has 1 aromatic heterocycles. The predicted molar refractivity (Wildman–Crippen MR) is 85.0 cm³/mol. The lowest BCUT2D eigenvalue weighted by Gasteiger charge is -2.18. The fourth-order valence-corrected chi connectivity index (χ4v) is 2.24. The Morgan fingerprint density at radius 3 is 2.76 bits per heavy atom. The summed E-state index contributed by atoms with van der Waals surface area (Å²) in [7, 11) is 0. The van der Waals surface area contributed by atoms with E-state index >= 15 is 0 Å². The van der Waals surface area contributed by atoms with E-state index in [1.807, 2.05) is 36.9 Å². The molecule has 1 heterocycles. The van der Waals surface area contributed by atoms with Crippen molar-refractivity contribution in [3.8, 4) is 0 Å². The molecule has 0 aliphatic heterocycles. The van der Waals surface area contributed by atoms with E-state index in [2.05, 4.69) is 15.3 Å². The van der Waals surface area contributed by atoms with Crippen LogP contribution in [0.1, 0.15) is 20.3 Å². The van der Waals surface area contributed by atoms with Crippen LogP contribution in [0.3, 0.4) is 0 Å². The molecular weight excluding hydrogens is 266 g/mol. The van der Waals surface area contributed by atoms with Gasteiger partial charge in [-0.25, -0.2) is 9.97 Å². The Balaban J connectivity index is 2.02. The highest BCUT2D eigenvalue weighted by atomic mass is 16.2. The van der Waals surface area contributed by atoms with Gasteiger partial charge in [0.25, 0.3) is 0 Å². The van der Waals surface area contributed by atoms with E-state index in [4.69, 9.17) is 5.73 Å². The quantitative estimate of drug-likeness (QED) is 0.792. The van der Waals surface area contributed by atoms with Crippen molar-refractivity contribution in [2.45, 2.75) is 20.3 Å². The third-order valence-electron chi connectivity index (χ3n) is 3.41. The summed E-state index contributed by atoms with van der Waals surface area (Å²) in [6, 6.07) is 5.51. The molecule has 0 atom stereocenters. The van der Waals surface area contributed by atoms with Gasteiger partial charge in [0, 0.05) is 37.1 Å². The number of anilines is 2. The second kappa shape index (κ2) is 6.88. The maximum atomic E-state index is 11.9. The summed E-state index contributed by atoms with van der Waals surface area (Å²) in [4.78, 5) is 22.2. The van der Waals surface area contributed by atoms with Gasteiger partial charge >= 0.3 is 0 Å². The Morgan fingerprint density at radius 1 is 1.29 bits per heavy atom. The van der Waals surface area contributed by atoms with Crippen molar-refractivity contribution in [1.82, 2.24) is 14.9 Å². The maximum absolute atomic E-state index is 11.9. The van der Waals surface area contributed by atoms with Gasteiger partial charge in [-0.15, -0.1) is 0 Å². The summed E-state index contributed by atoms with van der Waals surface area (Å²) in [6.45, 7) is 6.00. The van der Waals surface area contributed by atoms with Crippen molar-refractivity contribution in [2.24, 2.45) is 0 Å². The molecule has 21 heavy (non-hydrogen) atoms. The minimum absolute atomic E-state index is 0.148. The van der Waals surface area contributed by atoms with E-state index in [1.54, 1.807) is 0 Å². The molecule has 0 fully saturated rings. The summed E-state index contributed by atoms with van der Waals surface area (Å²) >= 11 is 0. The van der Waals surface area contributed by atoms with Gasteiger partial charge in [0.2, 0.25) is 5.91 Å². The highest BCUT2D eigenvalue weighted by Gasteiger charge is 2.09. The van der Waals surface area contributed by atoms with E-state index in [0.29, 0.717) is 18.7 Å². The van der Waals surface area contributed by atoms with Gasteiger partial charge in [-0.2, -0.15) is 0 Å². The first-order valence-electron chi connectivity index (χ1n) is 7.17. The molecule has 0 unspecified atom stereocenters. The molecule has 2 rings (SSSR count). The molecule has 1 aromatic carbocycles. The van der Waals surface area contributed by atoms with Crippen LogP contribution in [-0.2, 0) is 4.79 Å². The minimum atomic E-state index is 0.148. The largest absolute Gasteiger partial charge is 0.399 e. The van der Waals surface area contributed by atoms with Crippen LogP contribution in [0.4, 0.5) is 11.5 Å². The SMILES string of the molecule is CCN(CC)C(=O)CCNc1ncnc2cc(N)ccc12. The third kappa shape index (κ3) is 3.59. The van der Waals surface area contributed by atoms with Crippen molar-refractivity contribution >= 4 is 28.3 Å². The zero-order valence-electron chi connectivity index (χ0n) is 12.5. The topological polar surface area (TPSA) is 84.1 Å². The van der Waals surface area contributed by atoms with Crippen LogP contribution in [-0.4, -0.2) is 40.4 Å². The number of rotatable bonds is 6. The fraction of sp³-hybridized carbons (Fsp3) is 0.400. The van der Waals surface area contributed by atoms with Crippen LogP contribution in [0.15, 0.2) is 24.5 Å². The molecule has 2 aromatic rings. The molecule has 0 spiro atoms. The molecule has 0 radical (unpaired) electrons. The minimum Gasteiger partial charge on any atom is -0.399 e. The van der Waals surface area contributed by atoms with Gasteiger partial charge in [0.05, 0.1) is 5.52 Å². The van der Waals surface area contributed by atoms with Gasteiger partial charge in [0.1, 0.15) is 12.1 Å². The highest BCUT2D eigenvalue weighted by Crippen LogP contribution is 2.21. The zero-order chi connectivity index (χ0) is 15.2. The standard InChI is InChI=1S/C15H21N5O/c1-3-20(4-2)14(21)7-8-17-15-12-6-5-11(16)9-13(12)18-10-19-15/h5-6,9-10H,3-4,7-8,16H2,1-2H3,(H,17,18,19). The number of nitrogens with two attached hydrogens (primary N) is 1. The van der Waals surface area contributed by atoms with Crippen molar-refractivity contribution < 1.29 is 4.79 Å². The van der Waals surface area contributed by atoms with Crippen LogP contribution in [0.25, 0.3) is 10.9 Å². The molecular formula is C15H21N5O. The van der Waals surface area contributed by atoms with E-state index < -0.39 is 0 Å². The Labute approximate surface area is 124 Å². The van der Waals surface area contributed by atoms with E-state index in [0.717, 1.165) is 29.8 Å². The maximum Gasteiger partial charge on any atom is 0.224 e. The first-order valence-corrected chi connectivity index (χ1v) is 7.17. The summed E-state index contributed by atoms with van der Waals surface area (Å²) in [5.41, 5.74) is 7.21. The van der Waals surface area contributed by atoms with Crippen LogP contribution in [0, 0.1) is 0 Å². The average molecular weight is 287 g/mol. The van der Waals surface area contributed by atoms with E-state index in [-0.39, 0.29) is 5.91 Å². The molecule has 0 aliphatic carbocycles. The van der Waals surface area contributed by atoms with Gasteiger partial charge in [-0.05, 0) is 32.0 Å². The number of nitrogens with one attached hydrogen (secondary N) is 1. The summed E-state index contributed by atoms with van der Waals surface area (Å²) < 4.78 is 0. The van der Waals surface area contributed by atoms with Crippen LogP contribution < -0.4 is 11.1 Å². The molecule has 3 N–H and O–H groups in total. The number of hydrogen-bond acceptors (Lipinski definition) is 5. The molecule has 112 valence electrons. The van der Waals surface area contributed by atoms with Crippen molar-refractivity contribution in [1.29, 1.82) is 0 Å². The number of aromatic nitrogens is 2. The first-order chi connectivity index (χ1) is 10.2. The van der Waals surface area contributed by atoms with Gasteiger partial charge in [-0.1, -0.05) is 0 Å². The average Bonchev–Trinajstić information content (AvgIpc) is 2.48. The number of carbonyl (C=O) groups excluding carboxylic acids is 1. The lowest BCUT2D eigenvalue weighted by molar-refractivity contribution is -0.130. The van der Waals surface area contributed by atoms with E-state index in [9.17, 15) is 4.79 Å². The summed E-state index contributed by atoms with van der Waals surface area (Å²) in [6.07, 6.45) is 1.94. The fourth-order valence-electron chi connectivity index (χ4n) is 2.24. The van der Waals surface area contributed by atoms with Gasteiger partial charge in [0.15, 0.2) is 0 Å². The smallest absolute Gasteiger partial charge is 0.224 e. The monoisotopic (exact) mass is 287 g/mol. The number of benzene rings is 1. The number of hydrogen-bond donors (Lipinski definition) is 2. The van der Waals surface area contributed by atoms with E-state index in [1.165, 1.54) is 6.33 Å². The number of fused-ring (bicyclic) bond motifs is 1. The van der Waals surface area contributed by atoms with Gasteiger partial charge < -0.3 is 16.0 Å². The first kappa shape index (κ1) is 15.0. The normalized spacial score (nSPS) is 10.6. The van der Waals surface area contributed by atoms with Crippen molar-refractivity contribution in [3.63, 3.8) is 0 Å². The Kier molecular flexibility index (Phi) is 4.92. The lowest BCUT2D eigenvalue weighted by Crippen LogP contribution is -2.31. The Bertz CT molecular complexity index is 624. The predicted octanol–water partition coefficient (Wildman–Crippen LogP) is 1.88. The number of nitrogen functional groups attached to an aromatic ring is 1. The molecule has 0 bridgehead atoms. The third-order valence-corrected chi connectivity index (χ3v) is 3.41. The molecule has 0 aliphatic rings. The van der Waals surface area contributed by atoms with Crippen molar-refractivity contribution in [2.75, 3.05) is 30.7 Å². The molecule has 1 amide bonds. The van der Waals surface area contributed by atoms with Crippen molar-refractivity contribution in [3.05, 3.63) is 24.5 Å². The zero-order valence-corrected chi connectivity index (χ0v) is 12.5. The molecule has 6 nitrogen and oxygen atoms in total. The summed E-state index contributed by atoms with van der Waals surface area (Å²) in [5.74, 6) is 0.877. The summed E-state index contributed by atoms with van der Waals surface area (Å²) in [5, 5.41) is 4.11. The molecule has 0 saturated carbocycles. The molecule has 0 saturated heterocycles. The number of nitrogens with zero attached hydrogens (tertiary/aromatic N) is 3. The Hall–Kier alpha value is -2.37. The molecule has 6 heteroatoms. The lowest BCUT2D eigenvalue weighted by atomic mass is 10.2. The number of carbonyl (C=O) groups is 1. The second-order valence-corrected chi connectivity index (χ2v) is 4.74.